The van der Waals surface area contributed by atoms with E-state index >= 15 is 8.78 Å². The summed E-state index contributed by atoms with van der Waals surface area (Å²) in [5.74, 6) is -7.37. The Balaban J connectivity index is 2.01. The number of amides is 1. The van der Waals surface area contributed by atoms with Crippen LogP contribution in [0.3, 0.4) is 0 Å². The number of carbonyl (C=O) groups excluding carboxylic acids is 1. The van der Waals surface area contributed by atoms with Crippen LogP contribution in [0, 0.1) is 23.0 Å². The third kappa shape index (κ3) is 4.20. The van der Waals surface area contributed by atoms with Gasteiger partial charge in [0.15, 0.2) is 0 Å². The van der Waals surface area contributed by atoms with Crippen LogP contribution in [0.15, 0.2) is 35.5 Å². The van der Waals surface area contributed by atoms with E-state index in [4.69, 9.17) is 15.7 Å². The number of ether oxygens (including phenoxy) is 1. The number of amidine groups is 1. The number of nitriles is 1. The van der Waals surface area contributed by atoms with Gasteiger partial charge in [0, 0.05) is 17.8 Å². The van der Waals surface area contributed by atoms with E-state index < -0.39 is 53.0 Å². The number of hydrogen-bond donors (Lipinski definition) is 2. The molecule has 0 radical (unpaired) electrons. The summed E-state index contributed by atoms with van der Waals surface area (Å²) in [6.07, 6.45) is 1.13. The second-order valence-electron chi connectivity index (χ2n) is 7.30. The van der Waals surface area contributed by atoms with E-state index in [0.717, 1.165) is 26.1 Å². The summed E-state index contributed by atoms with van der Waals surface area (Å²) in [5, 5.41) is 10.9. The fourth-order valence-corrected chi connectivity index (χ4v) is 2.88. The standard InChI is InChI=1S/C20H17F4N5O2/c1-19(2)20(23,24)17(29-16(26)9-31-19)11-5-15(13(22)6-12(11)21)28-18(30)14-4-3-10(7-25)8-27-14/h3-6,8,17H,9H2,1-2H3,(H2,26,29)(H,28,30). The smallest absolute Gasteiger partial charge is 0.301 e. The van der Waals surface area contributed by atoms with Crippen molar-refractivity contribution in [1.29, 1.82) is 5.26 Å². The molecule has 162 valence electrons. The van der Waals surface area contributed by atoms with Crippen molar-refractivity contribution < 1.29 is 27.1 Å². The van der Waals surface area contributed by atoms with E-state index in [0.29, 0.717) is 6.07 Å². The van der Waals surface area contributed by atoms with Gasteiger partial charge in [0.2, 0.25) is 0 Å². The number of rotatable bonds is 3. The Bertz CT molecular complexity index is 1090. The van der Waals surface area contributed by atoms with Crippen LogP contribution >= 0.6 is 0 Å². The highest BCUT2D eigenvalue weighted by atomic mass is 19.3. The number of pyridine rings is 1. The molecule has 0 spiro atoms. The van der Waals surface area contributed by atoms with Crippen LogP contribution in [0.5, 0.6) is 0 Å². The van der Waals surface area contributed by atoms with Gasteiger partial charge in [-0.2, -0.15) is 5.26 Å². The molecule has 0 bridgehead atoms. The van der Waals surface area contributed by atoms with Crippen molar-refractivity contribution >= 4 is 17.4 Å². The first-order valence-electron chi connectivity index (χ1n) is 8.96. The zero-order valence-corrected chi connectivity index (χ0v) is 16.4. The summed E-state index contributed by atoms with van der Waals surface area (Å²) >= 11 is 0. The van der Waals surface area contributed by atoms with Crippen molar-refractivity contribution in [2.45, 2.75) is 31.4 Å². The fraction of sp³-hybridized carbons (Fsp3) is 0.300. The number of halogens is 4. The predicted molar refractivity (Wildman–Crippen MR) is 103 cm³/mol. The number of hydrogen-bond acceptors (Lipinski definition) is 6. The van der Waals surface area contributed by atoms with Crippen molar-refractivity contribution in [3.05, 3.63) is 58.9 Å². The molecule has 2 heterocycles. The van der Waals surface area contributed by atoms with Gasteiger partial charge in [0.1, 0.15) is 47.5 Å². The van der Waals surface area contributed by atoms with E-state index in [2.05, 4.69) is 15.3 Å². The van der Waals surface area contributed by atoms with Gasteiger partial charge in [-0.1, -0.05) is 0 Å². The maximum Gasteiger partial charge on any atom is 0.301 e. The van der Waals surface area contributed by atoms with Crippen molar-refractivity contribution in [3.8, 4) is 6.07 Å². The number of carbonyl (C=O) groups is 1. The van der Waals surface area contributed by atoms with Crippen molar-refractivity contribution in [3.63, 3.8) is 0 Å². The van der Waals surface area contributed by atoms with Crippen LogP contribution in [0.1, 0.15) is 41.5 Å². The van der Waals surface area contributed by atoms with Gasteiger partial charge in [-0.3, -0.25) is 9.79 Å². The number of anilines is 1. The molecule has 1 aliphatic heterocycles. The Morgan fingerprint density at radius 1 is 1.29 bits per heavy atom. The van der Waals surface area contributed by atoms with Gasteiger partial charge in [-0.25, -0.2) is 22.5 Å². The summed E-state index contributed by atoms with van der Waals surface area (Å²) in [7, 11) is 0. The van der Waals surface area contributed by atoms with E-state index in [-0.39, 0.29) is 17.1 Å². The van der Waals surface area contributed by atoms with E-state index in [9.17, 15) is 13.6 Å². The Morgan fingerprint density at radius 2 is 2.00 bits per heavy atom. The SMILES string of the molecule is CC1(C)OCC(N)=NC(c2cc(NC(=O)c3ccc(C#N)cn3)c(F)cc2F)C1(F)F. The largest absolute Gasteiger partial charge is 0.386 e. The molecule has 0 fully saturated rings. The van der Waals surface area contributed by atoms with Gasteiger partial charge in [0.25, 0.3) is 5.91 Å². The molecule has 7 nitrogen and oxygen atoms in total. The van der Waals surface area contributed by atoms with Crippen LogP contribution in [0.25, 0.3) is 0 Å². The Kier molecular flexibility index (Phi) is 5.69. The molecule has 11 heteroatoms. The highest BCUT2D eigenvalue weighted by molar-refractivity contribution is 6.03. The second kappa shape index (κ2) is 7.96. The fourth-order valence-electron chi connectivity index (χ4n) is 2.88. The monoisotopic (exact) mass is 435 g/mol. The number of aliphatic imine (C=N–C) groups is 1. The molecule has 3 N–H and O–H groups in total. The molecule has 1 aromatic carbocycles. The van der Waals surface area contributed by atoms with E-state index in [1.807, 2.05) is 6.07 Å². The highest BCUT2D eigenvalue weighted by Crippen LogP contribution is 2.46. The summed E-state index contributed by atoms with van der Waals surface area (Å²) in [6.45, 7) is 1.82. The van der Waals surface area contributed by atoms with Crippen LogP contribution in [0.4, 0.5) is 23.2 Å². The van der Waals surface area contributed by atoms with Gasteiger partial charge in [-0.15, -0.1) is 0 Å². The van der Waals surface area contributed by atoms with Gasteiger partial charge in [0.05, 0.1) is 11.3 Å². The van der Waals surface area contributed by atoms with Crippen molar-refractivity contribution in [2.24, 2.45) is 10.7 Å². The van der Waals surface area contributed by atoms with E-state index in [1.54, 1.807) is 0 Å². The summed E-state index contributed by atoms with van der Waals surface area (Å²) in [4.78, 5) is 19.8. The molecule has 1 amide bonds. The molecular weight excluding hydrogens is 418 g/mol. The van der Waals surface area contributed by atoms with E-state index in [1.165, 1.54) is 12.1 Å². The Hall–Kier alpha value is -3.52. The van der Waals surface area contributed by atoms with Gasteiger partial charge < -0.3 is 15.8 Å². The number of alkyl halides is 2. The lowest BCUT2D eigenvalue weighted by atomic mass is 9.89. The number of nitrogens with two attached hydrogens (primary N) is 1. The topological polar surface area (TPSA) is 113 Å². The lowest BCUT2D eigenvalue weighted by Crippen LogP contribution is -2.48. The zero-order chi connectivity index (χ0) is 23.0. The lowest BCUT2D eigenvalue weighted by molar-refractivity contribution is -0.191. The normalized spacial score (nSPS) is 19.6. The molecule has 0 saturated carbocycles. The Labute approximate surface area is 174 Å². The molecular formula is C20H17F4N5O2. The third-order valence-electron chi connectivity index (χ3n) is 4.78. The third-order valence-corrected chi connectivity index (χ3v) is 4.78. The number of nitrogens with zero attached hydrogens (tertiary/aromatic N) is 3. The molecule has 0 aliphatic carbocycles. The minimum Gasteiger partial charge on any atom is -0.386 e. The van der Waals surface area contributed by atoms with Crippen LogP contribution in [0.2, 0.25) is 0 Å². The molecule has 1 aromatic heterocycles. The minimum absolute atomic E-state index is 0.166. The predicted octanol–water partition coefficient (Wildman–Crippen LogP) is 3.33. The zero-order valence-electron chi connectivity index (χ0n) is 16.4. The molecule has 2 aromatic rings. The first-order valence-corrected chi connectivity index (χ1v) is 8.96. The molecule has 1 aliphatic rings. The summed E-state index contributed by atoms with van der Waals surface area (Å²) in [5.41, 5.74) is 2.35. The Morgan fingerprint density at radius 3 is 2.61 bits per heavy atom. The summed E-state index contributed by atoms with van der Waals surface area (Å²) in [6, 6.07) is 3.36. The average Bonchev–Trinajstić information content (AvgIpc) is 2.79. The van der Waals surface area contributed by atoms with Crippen LogP contribution in [-0.4, -0.2) is 34.9 Å². The number of nitrogens with one attached hydrogen (secondary N) is 1. The molecule has 31 heavy (non-hydrogen) atoms. The molecule has 0 saturated heterocycles. The average molecular weight is 435 g/mol. The number of benzene rings is 1. The molecule has 1 unspecified atom stereocenters. The van der Waals surface area contributed by atoms with Crippen molar-refractivity contribution in [1.82, 2.24) is 4.98 Å². The molecule has 1 atom stereocenters. The first-order chi connectivity index (χ1) is 14.5. The minimum atomic E-state index is -3.72. The second-order valence-corrected chi connectivity index (χ2v) is 7.30. The maximum atomic E-state index is 15.1. The number of aromatic nitrogens is 1. The maximum absolute atomic E-state index is 15.1. The van der Waals surface area contributed by atoms with Crippen LogP contribution in [-0.2, 0) is 4.74 Å². The lowest BCUT2D eigenvalue weighted by Gasteiger charge is -2.35. The van der Waals surface area contributed by atoms with Gasteiger partial charge in [-0.05, 0) is 32.0 Å². The van der Waals surface area contributed by atoms with Crippen LogP contribution < -0.4 is 11.1 Å². The van der Waals surface area contributed by atoms with Gasteiger partial charge >= 0.3 is 5.92 Å². The quantitative estimate of drug-likeness (QED) is 0.718. The first kappa shape index (κ1) is 22.2. The molecule has 3 rings (SSSR count). The van der Waals surface area contributed by atoms with Crippen molar-refractivity contribution in [2.75, 3.05) is 11.9 Å². The highest BCUT2D eigenvalue weighted by Gasteiger charge is 2.56. The summed E-state index contributed by atoms with van der Waals surface area (Å²) < 4.78 is 64.1.